The molecule has 0 atom stereocenters. The third-order valence-electron chi connectivity index (χ3n) is 3.03. The molecule has 1 fully saturated rings. The molecule has 1 aromatic rings. The maximum absolute atomic E-state index is 11.6. The van der Waals surface area contributed by atoms with E-state index in [1.165, 1.54) is 0 Å². The highest BCUT2D eigenvalue weighted by atomic mass is 16.5. The number of carbonyl (C=O) groups excluding carboxylic acids is 1. The van der Waals surface area contributed by atoms with Crippen LogP contribution in [0.3, 0.4) is 0 Å². The second-order valence-corrected chi connectivity index (χ2v) is 4.51. The Hall–Kier alpha value is -1.59. The minimum absolute atomic E-state index is 0.245. The number of ether oxygens (including phenoxy) is 1. The third-order valence-corrected chi connectivity index (χ3v) is 3.03. The molecule has 5 heteroatoms. The van der Waals surface area contributed by atoms with Gasteiger partial charge in [0.15, 0.2) is 0 Å². The molecule has 1 aliphatic heterocycles. The molecule has 0 radical (unpaired) electrons. The topological polar surface area (TPSA) is 70.6 Å². The van der Waals surface area contributed by atoms with Crippen LogP contribution in [0.25, 0.3) is 0 Å². The Morgan fingerprint density at radius 3 is 2.61 bits per heavy atom. The van der Waals surface area contributed by atoms with E-state index in [1.54, 1.807) is 0 Å². The molecule has 0 unspecified atom stereocenters. The van der Waals surface area contributed by atoms with Crippen LogP contribution in [0.5, 0.6) is 0 Å². The highest BCUT2D eigenvalue weighted by Crippen LogP contribution is 2.19. The van der Waals surface area contributed by atoms with Gasteiger partial charge in [0.2, 0.25) is 0 Å². The lowest BCUT2D eigenvalue weighted by molar-refractivity contribution is -0.0598. The van der Waals surface area contributed by atoms with Gasteiger partial charge < -0.3 is 20.5 Å². The molecule has 18 heavy (non-hydrogen) atoms. The fourth-order valence-corrected chi connectivity index (χ4v) is 1.87. The van der Waals surface area contributed by atoms with Gasteiger partial charge in [-0.25, -0.2) is 4.79 Å². The van der Waals surface area contributed by atoms with Crippen LogP contribution in [0.1, 0.15) is 12.8 Å². The van der Waals surface area contributed by atoms with Crippen LogP contribution in [0, 0.1) is 0 Å². The quantitative estimate of drug-likeness (QED) is 0.758. The maximum atomic E-state index is 11.6. The molecular formula is C13H18N2O3. The lowest BCUT2D eigenvalue weighted by Gasteiger charge is -2.32. The minimum atomic E-state index is -0.841. The van der Waals surface area contributed by atoms with E-state index >= 15 is 0 Å². The van der Waals surface area contributed by atoms with Crippen LogP contribution < -0.4 is 10.6 Å². The number of hydrogen-bond donors (Lipinski definition) is 3. The molecule has 1 heterocycles. The van der Waals surface area contributed by atoms with E-state index in [0.29, 0.717) is 26.1 Å². The van der Waals surface area contributed by atoms with Crippen molar-refractivity contribution < 1.29 is 14.6 Å². The van der Waals surface area contributed by atoms with Crippen LogP contribution >= 0.6 is 0 Å². The van der Waals surface area contributed by atoms with E-state index in [-0.39, 0.29) is 12.6 Å². The summed E-state index contributed by atoms with van der Waals surface area (Å²) >= 11 is 0. The Morgan fingerprint density at radius 2 is 1.94 bits per heavy atom. The van der Waals surface area contributed by atoms with Crippen molar-refractivity contribution in [1.29, 1.82) is 0 Å². The number of aliphatic hydroxyl groups is 1. The number of carbonyl (C=O) groups is 1. The van der Waals surface area contributed by atoms with Crippen LogP contribution in [0.15, 0.2) is 30.3 Å². The normalized spacial score (nSPS) is 18.1. The number of nitrogens with one attached hydrogen (secondary N) is 2. The first-order valence-electron chi connectivity index (χ1n) is 6.08. The lowest BCUT2D eigenvalue weighted by atomic mass is 9.94. The summed E-state index contributed by atoms with van der Waals surface area (Å²) in [6, 6.07) is 8.89. The highest BCUT2D eigenvalue weighted by Gasteiger charge is 2.29. The smallest absolute Gasteiger partial charge is 0.319 e. The molecule has 2 amide bonds. The summed E-state index contributed by atoms with van der Waals surface area (Å²) in [5.41, 5.74) is -0.110. The van der Waals surface area contributed by atoms with Crippen LogP contribution in [-0.2, 0) is 4.74 Å². The summed E-state index contributed by atoms with van der Waals surface area (Å²) in [4.78, 5) is 11.6. The van der Waals surface area contributed by atoms with Crippen LogP contribution in [0.2, 0.25) is 0 Å². The predicted molar refractivity (Wildman–Crippen MR) is 68.5 cm³/mol. The Balaban J connectivity index is 1.78. The van der Waals surface area contributed by atoms with Gasteiger partial charge >= 0.3 is 6.03 Å². The molecule has 1 saturated heterocycles. The molecule has 0 spiro atoms. The van der Waals surface area contributed by atoms with Gasteiger partial charge in [0.25, 0.3) is 0 Å². The zero-order valence-corrected chi connectivity index (χ0v) is 10.2. The van der Waals surface area contributed by atoms with Crippen molar-refractivity contribution in [3.05, 3.63) is 30.3 Å². The first-order chi connectivity index (χ1) is 8.68. The number of amides is 2. The Kier molecular flexibility index (Phi) is 4.17. The Bertz CT molecular complexity index is 388. The molecular weight excluding hydrogens is 232 g/mol. The molecule has 0 bridgehead atoms. The van der Waals surface area contributed by atoms with Crippen molar-refractivity contribution >= 4 is 11.7 Å². The Labute approximate surface area is 106 Å². The van der Waals surface area contributed by atoms with E-state index in [0.717, 1.165) is 5.69 Å². The maximum Gasteiger partial charge on any atom is 0.319 e. The molecule has 2 rings (SSSR count). The SMILES string of the molecule is O=C(NCC1(O)CCOCC1)Nc1ccccc1. The minimum Gasteiger partial charge on any atom is -0.388 e. The monoisotopic (exact) mass is 250 g/mol. The molecule has 98 valence electrons. The van der Waals surface area contributed by atoms with Gasteiger partial charge in [-0.15, -0.1) is 0 Å². The van der Waals surface area contributed by atoms with Gasteiger partial charge in [-0.05, 0) is 12.1 Å². The highest BCUT2D eigenvalue weighted by molar-refractivity contribution is 5.89. The number of anilines is 1. The van der Waals surface area contributed by atoms with Crippen LogP contribution in [0.4, 0.5) is 10.5 Å². The standard InChI is InChI=1S/C13H18N2O3/c16-12(15-11-4-2-1-3-5-11)14-10-13(17)6-8-18-9-7-13/h1-5,17H,6-10H2,(H2,14,15,16). The van der Waals surface area contributed by atoms with Gasteiger partial charge in [-0.2, -0.15) is 0 Å². The van der Waals surface area contributed by atoms with E-state index in [1.807, 2.05) is 30.3 Å². The number of benzene rings is 1. The summed E-state index contributed by atoms with van der Waals surface area (Å²) in [7, 11) is 0. The molecule has 1 aromatic carbocycles. The molecule has 0 aliphatic carbocycles. The number of hydrogen-bond acceptors (Lipinski definition) is 3. The zero-order valence-electron chi connectivity index (χ0n) is 10.2. The van der Waals surface area contributed by atoms with Crippen molar-refractivity contribution in [2.24, 2.45) is 0 Å². The second kappa shape index (κ2) is 5.84. The second-order valence-electron chi connectivity index (χ2n) is 4.51. The van der Waals surface area contributed by atoms with Gasteiger partial charge in [-0.3, -0.25) is 0 Å². The molecule has 0 aromatic heterocycles. The molecule has 0 saturated carbocycles. The van der Waals surface area contributed by atoms with E-state index in [4.69, 9.17) is 4.74 Å². The largest absolute Gasteiger partial charge is 0.388 e. The number of urea groups is 1. The number of rotatable bonds is 3. The van der Waals surface area contributed by atoms with E-state index in [2.05, 4.69) is 10.6 Å². The fourth-order valence-electron chi connectivity index (χ4n) is 1.87. The van der Waals surface area contributed by atoms with Crippen molar-refractivity contribution in [3.8, 4) is 0 Å². The molecule has 5 nitrogen and oxygen atoms in total. The number of para-hydroxylation sites is 1. The van der Waals surface area contributed by atoms with E-state index < -0.39 is 5.60 Å². The van der Waals surface area contributed by atoms with Gasteiger partial charge in [0, 0.05) is 38.3 Å². The van der Waals surface area contributed by atoms with Crippen molar-refractivity contribution in [2.75, 3.05) is 25.1 Å². The van der Waals surface area contributed by atoms with Crippen molar-refractivity contribution in [3.63, 3.8) is 0 Å². The van der Waals surface area contributed by atoms with Gasteiger partial charge in [-0.1, -0.05) is 18.2 Å². The van der Waals surface area contributed by atoms with E-state index in [9.17, 15) is 9.90 Å². The average Bonchev–Trinajstić information content (AvgIpc) is 2.39. The first kappa shape index (κ1) is 12.9. The lowest BCUT2D eigenvalue weighted by Crippen LogP contribution is -2.47. The average molecular weight is 250 g/mol. The fraction of sp³-hybridized carbons (Fsp3) is 0.462. The first-order valence-corrected chi connectivity index (χ1v) is 6.08. The zero-order chi connectivity index (χ0) is 12.8. The van der Waals surface area contributed by atoms with Crippen molar-refractivity contribution in [1.82, 2.24) is 5.32 Å². The summed E-state index contributed by atoms with van der Waals surface area (Å²) < 4.78 is 5.18. The van der Waals surface area contributed by atoms with Crippen LogP contribution in [-0.4, -0.2) is 36.5 Å². The molecule has 3 N–H and O–H groups in total. The van der Waals surface area contributed by atoms with Gasteiger partial charge in [0.1, 0.15) is 0 Å². The summed E-state index contributed by atoms with van der Waals surface area (Å²) in [5.74, 6) is 0. The summed E-state index contributed by atoms with van der Waals surface area (Å²) in [6.07, 6.45) is 1.11. The predicted octanol–water partition coefficient (Wildman–Crippen LogP) is 1.35. The third kappa shape index (κ3) is 3.72. The summed E-state index contributed by atoms with van der Waals surface area (Å²) in [5, 5.41) is 15.6. The van der Waals surface area contributed by atoms with Crippen molar-refractivity contribution in [2.45, 2.75) is 18.4 Å². The summed E-state index contributed by atoms with van der Waals surface area (Å²) in [6.45, 7) is 1.33. The van der Waals surface area contributed by atoms with Gasteiger partial charge in [0.05, 0.1) is 5.60 Å². The Morgan fingerprint density at radius 1 is 1.28 bits per heavy atom. The molecule has 1 aliphatic rings.